The van der Waals surface area contributed by atoms with Crippen molar-refractivity contribution in [3.8, 4) is 11.1 Å². The van der Waals surface area contributed by atoms with Gasteiger partial charge in [-0.25, -0.2) is 0 Å². The minimum Gasteiger partial charge on any atom is -0.367 e. The first-order valence-corrected chi connectivity index (χ1v) is 5.89. The lowest BCUT2D eigenvalue weighted by atomic mass is 9.96. The first-order chi connectivity index (χ1) is 8.09. The normalized spacial score (nSPS) is 11.1. The molecule has 0 saturated carbocycles. The monoisotopic (exact) mass is 230 g/mol. The van der Waals surface area contributed by atoms with Crippen LogP contribution in [0.25, 0.3) is 11.1 Å². The fraction of sp³-hybridized carbons (Fsp3) is 0.357. The minimum atomic E-state index is 0.412. The van der Waals surface area contributed by atoms with Gasteiger partial charge in [-0.1, -0.05) is 43.3 Å². The second-order valence-electron chi connectivity index (χ2n) is 4.78. The van der Waals surface area contributed by atoms with Crippen molar-refractivity contribution in [2.45, 2.75) is 27.2 Å². The molecule has 1 aromatic carbocycles. The minimum absolute atomic E-state index is 0.412. The maximum Gasteiger partial charge on any atom is 0.230 e. The summed E-state index contributed by atoms with van der Waals surface area (Å²) < 4.78 is 5.13. The summed E-state index contributed by atoms with van der Waals surface area (Å²) in [7, 11) is 0. The van der Waals surface area contributed by atoms with Crippen LogP contribution in [0, 0.1) is 12.8 Å². The summed E-state index contributed by atoms with van der Waals surface area (Å²) in [4.78, 5) is 0. The summed E-state index contributed by atoms with van der Waals surface area (Å²) in [6, 6.07) is 8.15. The van der Waals surface area contributed by atoms with Gasteiger partial charge < -0.3 is 10.3 Å². The lowest BCUT2D eigenvalue weighted by Gasteiger charge is -2.07. The average molecular weight is 230 g/mol. The van der Waals surface area contributed by atoms with Crippen molar-refractivity contribution < 1.29 is 4.52 Å². The molecular weight excluding hydrogens is 212 g/mol. The van der Waals surface area contributed by atoms with E-state index in [4.69, 9.17) is 10.3 Å². The number of aryl methyl sites for hydroxylation is 1. The number of hydrogen-bond acceptors (Lipinski definition) is 3. The lowest BCUT2D eigenvalue weighted by Crippen LogP contribution is -1.98. The van der Waals surface area contributed by atoms with E-state index in [0.717, 1.165) is 23.2 Å². The Hall–Kier alpha value is -1.77. The van der Waals surface area contributed by atoms with E-state index in [1.165, 1.54) is 5.56 Å². The van der Waals surface area contributed by atoms with Crippen molar-refractivity contribution in [3.05, 3.63) is 35.5 Å². The average Bonchev–Trinajstić information content (AvgIpc) is 2.60. The molecule has 3 nitrogen and oxygen atoms in total. The van der Waals surface area contributed by atoms with Crippen LogP contribution in [-0.2, 0) is 6.42 Å². The van der Waals surface area contributed by atoms with E-state index in [1.807, 2.05) is 12.1 Å². The Morgan fingerprint density at radius 2 is 2.00 bits per heavy atom. The fourth-order valence-electron chi connectivity index (χ4n) is 2.01. The van der Waals surface area contributed by atoms with E-state index < -0.39 is 0 Å². The number of rotatable bonds is 3. The topological polar surface area (TPSA) is 52.0 Å². The standard InChI is InChI=1S/C14H18N2O/c1-9(2)8-12-13(14(15)17-16-12)11-7-5-4-6-10(11)3/h4-7,9H,8,15H2,1-3H3. The molecule has 2 N–H and O–H groups in total. The molecule has 1 heterocycles. The molecule has 90 valence electrons. The molecule has 17 heavy (non-hydrogen) atoms. The number of aromatic nitrogens is 1. The summed E-state index contributed by atoms with van der Waals surface area (Å²) in [5, 5.41) is 4.07. The van der Waals surface area contributed by atoms with Crippen LogP contribution in [0.2, 0.25) is 0 Å². The highest BCUT2D eigenvalue weighted by Crippen LogP contribution is 2.33. The number of anilines is 1. The number of hydrogen-bond donors (Lipinski definition) is 1. The van der Waals surface area contributed by atoms with E-state index in [1.54, 1.807) is 0 Å². The van der Waals surface area contributed by atoms with Crippen molar-refractivity contribution >= 4 is 5.88 Å². The largest absolute Gasteiger partial charge is 0.367 e. The lowest BCUT2D eigenvalue weighted by molar-refractivity contribution is 0.422. The van der Waals surface area contributed by atoms with Crippen LogP contribution >= 0.6 is 0 Å². The van der Waals surface area contributed by atoms with Crippen molar-refractivity contribution in [2.24, 2.45) is 5.92 Å². The van der Waals surface area contributed by atoms with E-state index in [0.29, 0.717) is 11.8 Å². The Bertz CT molecular complexity index is 515. The van der Waals surface area contributed by atoms with Gasteiger partial charge in [-0.05, 0) is 30.4 Å². The van der Waals surface area contributed by atoms with Gasteiger partial charge in [0, 0.05) is 0 Å². The van der Waals surface area contributed by atoms with Gasteiger partial charge in [0.2, 0.25) is 5.88 Å². The Kier molecular flexibility index (Phi) is 3.18. The van der Waals surface area contributed by atoms with E-state index in [-0.39, 0.29) is 0 Å². The van der Waals surface area contributed by atoms with Gasteiger partial charge >= 0.3 is 0 Å². The molecule has 0 unspecified atom stereocenters. The van der Waals surface area contributed by atoms with Crippen molar-refractivity contribution in [3.63, 3.8) is 0 Å². The summed E-state index contributed by atoms with van der Waals surface area (Å²) in [6.45, 7) is 6.39. The maximum atomic E-state index is 5.89. The quantitative estimate of drug-likeness (QED) is 0.878. The first kappa shape index (κ1) is 11.7. The second kappa shape index (κ2) is 4.62. The maximum absolute atomic E-state index is 5.89. The van der Waals surface area contributed by atoms with Crippen LogP contribution < -0.4 is 5.73 Å². The zero-order valence-corrected chi connectivity index (χ0v) is 10.5. The summed E-state index contributed by atoms with van der Waals surface area (Å²) in [6.07, 6.45) is 0.879. The zero-order chi connectivity index (χ0) is 12.4. The van der Waals surface area contributed by atoms with Gasteiger partial charge in [-0.2, -0.15) is 0 Å². The molecule has 0 aliphatic heterocycles. The smallest absolute Gasteiger partial charge is 0.230 e. The number of nitrogens with zero attached hydrogens (tertiary/aromatic N) is 1. The third-order valence-electron chi connectivity index (χ3n) is 2.81. The van der Waals surface area contributed by atoms with Gasteiger partial charge in [0.05, 0.1) is 11.3 Å². The summed E-state index contributed by atoms with van der Waals surface area (Å²) in [5.41, 5.74) is 10.1. The van der Waals surface area contributed by atoms with Gasteiger partial charge in [-0.3, -0.25) is 0 Å². The fourth-order valence-corrected chi connectivity index (χ4v) is 2.01. The van der Waals surface area contributed by atoms with Crippen LogP contribution in [0.15, 0.2) is 28.8 Å². The molecule has 0 saturated heterocycles. The highest BCUT2D eigenvalue weighted by atomic mass is 16.5. The predicted octanol–water partition coefficient (Wildman–Crippen LogP) is 3.43. The third kappa shape index (κ3) is 2.33. The Balaban J connectivity index is 2.51. The first-order valence-electron chi connectivity index (χ1n) is 5.89. The van der Waals surface area contributed by atoms with Crippen molar-refractivity contribution in [2.75, 3.05) is 5.73 Å². The van der Waals surface area contributed by atoms with Gasteiger partial charge in [-0.15, -0.1) is 0 Å². The van der Waals surface area contributed by atoms with Crippen LogP contribution in [0.5, 0.6) is 0 Å². The van der Waals surface area contributed by atoms with Gasteiger partial charge in [0.25, 0.3) is 0 Å². The SMILES string of the molecule is Cc1ccccc1-c1c(CC(C)C)noc1N. The van der Waals surface area contributed by atoms with Crippen molar-refractivity contribution in [1.82, 2.24) is 5.16 Å². The number of benzene rings is 1. The molecule has 0 amide bonds. The molecule has 1 aromatic heterocycles. The van der Waals surface area contributed by atoms with Crippen molar-refractivity contribution in [1.29, 1.82) is 0 Å². The Morgan fingerprint density at radius 3 is 2.65 bits per heavy atom. The van der Waals surface area contributed by atoms with Crippen LogP contribution in [0.1, 0.15) is 25.1 Å². The third-order valence-corrected chi connectivity index (χ3v) is 2.81. The predicted molar refractivity (Wildman–Crippen MR) is 69.6 cm³/mol. The van der Waals surface area contributed by atoms with E-state index in [2.05, 4.69) is 38.1 Å². The molecule has 0 radical (unpaired) electrons. The van der Waals surface area contributed by atoms with Crippen LogP contribution in [-0.4, -0.2) is 5.16 Å². The highest BCUT2D eigenvalue weighted by molar-refractivity contribution is 5.77. The molecule has 0 fully saturated rings. The number of nitrogens with two attached hydrogens (primary N) is 1. The van der Waals surface area contributed by atoms with Gasteiger partial charge in [0.15, 0.2) is 0 Å². The molecule has 0 atom stereocenters. The Labute approximate surface area is 102 Å². The number of nitrogen functional groups attached to an aromatic ring is 1. The molecule has 2 rings (SSSR count). The zero-order valence-electron chi connectivity index (χ0n) is 10.5. The molecule has 3 heteroatoms. The molecule has 0 bridgehead atoms. The summed E-state index contributed by atoms with van der Waals surface area (Å²) in [5.74, 6) is 0.942. The molecular formula is C14H18N2O. The Morgan fingerprint density at radius 1 is 1.29 bits per heavy atom. The van der Waals surface area contributed by atoms with Crippen LogP contribution in [0.3, 0.4) is 0 Å². The molecule has 0 spiro atoms. The van der Waals surface area contributed by atoms with E-state index in [9.17, 15) is 0 Å². The van der Waals surface area contributed by atoms with Gasteiger partial charge in [0.1, 0.15) is 0 Å². The van der Waals surface area contributed by atoms with E-state index >= 15 is 0 Å². The molecule has 2 aromatic rings. The molecule has 0 aliphatic rings. The second-order valence-corrected chi connectivity index (χ2v) is 4.78. The van der Waals surface area contributed by atoms with Crippen LogP contribution in [0.4, 0.5) is 5.88 Å². The highest BCUT2D eigenvalue weighted by Gasteiger charge is 2.17. The summed E-state index contributed by atoms with van der Waals surface area (Å²) >= 11 is 0. The molecule has 0 aliphatic carbocycles.